The summed E-state index contributed by atoms with van der Waals surface area (Å²) in [5.74, 6) is -2.16. The maximum Gasteiger partial charge on any atom is 0.326 e. The molecule has 9 heteroatoms. The van der Waals surface area contributed by atoms with Crippen molar-refractivity contribution >= 4 is 23.8 Å². The van der Waals surface area contributed by atoms with Crippen LogP contribution in [0.25, 0.3) is 0 Å². The van der Waals surface area contributed by atoms with Crippen molar-refractivity contribution in [3.05, 3.63) is 0 Å². The third-order valence-corrected chi connectivity index (χ3v) is 2.10. The number of carboxylic acids is 1. The van der Waals surface area contributed by atoms with Crippen LogP contribution >= 0.6 is 0 Å². The maximum absolute atomic E-state index is 11.3. The van der Waals surface area contributed by atoms with Crippen LogP contribution in [0.2, 0.25) is 0 Å². The summed E-state index contributed by atoms with van der Waals surface area (Å²) in [4.78, 5) is 43.2. The Bertz CT molecular complexity index is 358. The lowest BCUT2D eigenvalue weighted by molar-refractivity contribution is -0.141. The molecule has 19 heavy (non-hydrogen) atoms. The van der Waals surface area contributed by atoms with Gasteiger partial charge >= 0.3 is 12.0 Å². The number of hydrogen-bond acceptors (Lipinski definition) is 4. The summed E-state index contributed by atoms with van der Waals surface area (Å²) in [6, 6.07) is -1.77. The summed E-state index contributed by atoms with van der Waals surface area (Å²) in [6.45, 7) is 1.19. The first-order chi connectivity index (χ1) is 8.82. The third kappa shape index (κ3) is 9.39. The fourth-order valence-electron chi connectivity index (χ4n) is 1.23. The number of rotatable bonds is 8. The number of nitrogens with one attached hydrogen (secondary N) is 3. The summed E-state index contributed by atoms with van der Waals surface area (Å²) in [7, 11) is 0. The number of amides is 4. The van der Waals surface area contributed by atoms with Crippen LogP contribution in [-0.2, 0) is 14.4 Å². The Hall–Kier alpha value is -2.32. The first kappa shape index (κ1) is 16.7. The van der Waals surface area contributed by atoms with Crippen LogP contribution in [0.4, 0.5) is 4.79 Å². The van der Waals surface area contributed by atoms with Gasteiger partial charge in [-0.15, -0.1) is 0 Å². The normalized spacial score (nSPS) is 11.2. The molecule has 0 aliphatic carbocycles. The molecule has 0 aromatic carbocycles. The van der Waals surface area contributed by atoms with Crippen molar-refractivity contribution in [1.82, 2.24) is 16.0 Å². The fourth-order valence-corrected chi connectivity index (χ4v) is 1.23. The van der Waals surface area contributed by atoms with Gasteiger partial charge in [0.15, 0.2) is 0 Å². The predicted octanol–water partition coefficient (Wildman–Crippen LogP) is -1.86. The van der Waals surface area contributed by atoms with Crippen LogP contribution in [-0.4, -0.2) is 48.1 Å². The number of carbonyl (C=O) groups excluding carboxylic acids is 3. The van der Waals surface area contributed by atoms with E-state index in [9.17, 15) is 19.2 Å². The fraction of sp³-hybridized carbons (Fsp3) is 0.600. The van der Waals surface area contributed by atoms with E-state index in [1.165, 1.54) is 6.92 Å². The molecule has 6 N–H and O–H groups in total. The molecule has 4 amide bonds. The van der Waals surface area contributed by atoms with Gasteiger partial charge in [-0.2, -0.15) is 0 Å². The van der Waals surface area contributed by atoms with E-state index in [4.69, 9.17) is 10.8 Å². The van der Waals surface area contributed by atoms with Gasteiger partial charge in [0.2, 0.25) is 11.8 Å². The number of hydrogen-bond donors (Lipinski definition) is 5. The quantitative estimate of drug-likeness (QED) is 0.329. The second-order valence-corrected chi connectivity index (χ2v) is 3.80. The summed E-state index contributed by atoms with van der Waals surface area (Å²) < 4.78 is 0. The van der Waals surface area contributed by atoms with Crippen molar-refractivity contribution < 1.29 is 24.3 Å². The number of urea groups is 1. The summed E-state index contributed by atoms with van der Waals surface area (Å²) >= 11 is 0. The first-order valence-corrected chi connectivity index (χ1v) is 5.63. The lowest BCUT2D eigenvalue weighted by atomic mass is 10.1. The van der Waals surface area contributed by atoms with E-state index < -0.39 is 23.9 Å². The molecule has 108 valence electrons. The highest BCUT2D eigenvalue weighted by molar-refractivity contribution is 5.87. The van der Waals surface area contributed by atoms with Crippen molar-refractivity contribution in [2.45, 2.75) is 25.8 Å². The largest absolute Gasteiger partial charge is 0.480 e. The van der Waals surface area contributed by atoms with Gasteiger partial charge in [0.05, 0.1) is 6.54 Å². The predicted molar refractivity (Wildman–Crippen MR) is 65.1 cm³/mol. The van der Waals surface area contributed by atoms with Gasteiger partial charge in [-0.25, -0.2) is 9.59 Å². The smallest absolute Gasteiger partial charge is 0.326 e. The van der Waals surface area contributed by atoms with E-state index in [-0.39, 0.29) is 25.4 Å². The molecule has 0 rings (SSSR count). The van der Waals surface area contributed by atoms with Crippen molar-refractivity contribution in [2.24, 2.45) is 5.73 Å². The second kappa shape index (κ2) is 8.72. The third-order valence-electron chi connectivity index (χ3n) is 2.10. The van der Waals surface area contributed by atoms with Crippen LogP contribution < -0.4 is 21.7 Å². The molecule has 0 saturated heterocycles. The molecule has 0 bridgehead atoms. The molecule has 0 aliphatic heterocycles. The highest BCUT2D eigenvalue weighted by atomic mass is 16.4. The van der Waals surface area contributed by atoms with Gasteiger partial charge in [-0.1, -0.05) is 0 Å². The van der Waals surface area contributed by atoms with Gasteiger partial charge in [0.1, 0.15) is 6.04 Å². The second-order valence-electron chi connectivity index (χ2n) is 3.80. The van der Waals surface area contributed by atoms with E-state index in [1.807, 2.05) is 0 Å². The lowest BCUT2D eigenvalue weighted by Crippen LogP contribution is -2.45. The molecule has 9 nitrogen and oxygen atoms in total. The molecule has 0 unspecified atom stereocenters. The van der Waals surface area contributed by atoms with Crippen molar-refractivity contribution in [2.75, 3.05) is 13.1 Å². The van der Waals surface area contributed by atoms with Crippen LogP contribution in [0.15, 0.2) is 0 Å². The molecular formula is C10H18N4O5. The zero-order valence-corrected chi connectivity index (χ0v) is 10.6. The molecule has 0 aromatic heterocycles. The van der Waals surface area contributed by atoms with E-state index >= 15 is 0 Å². The molecule has 1 atom stereocenters. The maximum atomic E-state index is 11.3. The Morgan fingerprint density at radius 2 is 1.84 bits per heavy atom. The molecule has 0 fully saturated rings. The molecule has 0 aromatic rings. The number of carbonyl (C=O) groups is 4. The van der Waals surface area contributed by atoms with Crippen molar-refractivity contribution in [3.8, 4) is 0 Å². The van der Waals surface area contributed by atoms with Crippen LogP contribution in [0.1, 0.15) is 19.8 Å². The van der Waals surface area contributed by atoms with E-state index in [0.717, 1.165) is 0 Å². The highest BCUT2D eigenvalue weighted by Crippen LogP contribution is 1.97. The topological polar surface area (TPSA) is 151 Å². The minimum atomic E-state index is -1.18. The van der Waals surface area contributed by atoms with Crippen LogP contribution in [0.5, 0.6) is 0 Å². The monoisotopic (exact) mass is 274 g/mol. The summed E-state index contributed by atoms with van der Waals surface area (Å²) in [5.41, 5.74) is 4.84. The van der Waals surface area contributed by atoms with E-state index in [1.54, 1.807) is 0 Å². The number of nitrogens with two attached hydrogens (primary N) is 1. The first-order valence-electron chi connectivity index (χ1n) is 5.63. The lowest BCUT2D eigenvalue weighted by Gasteiger charge is -2.14. The average Bonchev–Trinajstić information content (AvgIpc) is 2.29. The van der Waals surface area contributed by atoms with E-state index in [0.29, 0.717) is 6.42 Å². The van der Waals surface area contributed by atoms with Crippen molar-refractivity contribution in [1.29, 1.82) is 0 Å². The van der Waals surface area contributed by atoms with Crippen LogP contribution in [0, 0.1) is 0 Å². The highest BCUT2D eigenvalue weighted by Gasteiger charge is 2.19. The van der Waals surface area contributed by atoms with Gasteiger partial charge in [-0.05, 0) is 12.8 Å². The zero-order valence-electron chi connectivity index (χ0n) is 10.6. The Labute approximate surface area is 109 Å². The van der Waals surface area contributed by atoms with Gasteiger partial charge < -0.3 is 26.8 Å². The Morgan fingerprint density at radius 3 is 2.32 bits per heavy atom. The van der Waals surface area contributed by atoms with Gasteiger partial charge in [0.25, 0.3) is 0 Å². The summed E-state index contributed by atoms with van der Waals surface area (Å²) in [6.07, 6.45) is 0.488. The SMILES string of the molecule is CC(=O)NCC(=O)N[C@@H](CCCNC(N)=O)C(=O)O. The molecule has 0 saturated carbocycles. The number of primary amides is 1. The minimum absolute atomic E-state index is 0.140. The van der Waals surface area contributed by atoms with Crippen molar-refractivity contribution in [3.63, 3.8) is 0 Å². The standard InChI is InChI=1S/C10H18N4O5/c1-6(15)13-5-8(16)14-7(9(17)18)3-2-4-12-10(11)19/h7H,2-5H2,1H3,(H,13,15)(H,14,16)(H,17,18)(H3,11,12,19)/t7-/m0/s1. The minimum Gasteiger partial charge on any atom is -0.480 e. The molecule has 0 aliphatic rings. The molecular weight excluding hydrogens is 256 g/mol. The van der Waals surface area contributed by atoms with E-state index in [2.05, 4.69) is 16.0 Å². The number of aliphatic carboxylic acids is 1. The van der Waals surface area contributed by atoms with Crippen LogP contribution in [0.3, 0.4) is 0 Å². The Kier molecular flexibility index (Phi) is 7.66. The molecule has 0 heterocycles. The molecule has 0 radical (unpaired) electrons. The van der Waals surface area contributed by atoms with Gasteiger partial charge in [-0.3, -0.25) is 9.59 Å². The average molecular weight is 274 g/mol. The van der Waals surface area contributed by atoms with Gasteiger partial charge in [0, 0.05) is 13.5 Å². The molecule has 0 spiro atoms. The zero-order chi connectivity index (χ0) is 14.8. The summed E-state index contributed by atoms with van der Waals surface area (Å²) in [5, 5.41) is 15.7. The number of carboxylic acid groups (broad SMARTS) is 1. The Balaban J connectivity index is 4.04. The Morgan fingerprint density at radius 1 is 1.21 bits per heavy atom.